The minimum Gasteiger partial charge on any atom is -0.407 e. The molecule has 4 aromatic rings. The minimum absolute atomic E-state index is 0.101. The van der Waals surface area contributed by atoms with Crippen LogP contribution in [0.5, 0.6) is 0 Å². The molecule has 1 aromatic heterocycles. The van der Waals surface area contributed by atoms with Gasteiger partial charge in [-0.3, -0.25) is 14.8 Å². The monoisotopic (exact) mass is 535 g/mol. The molecule has 0 bridgehead atoms. The minimum atomic E-state index is -2.93. The molecule has 198 valence electrons. The summed E-state index contributed by atoms with van der Waals surface area (Å²) in [7, 11) is -2.61. The predicted molar refractivity (Wildman–Crippen MR) is 147 cm³/mol. The fourth-order valence-electron chi connectivity index (χ4n) is 5.67. The number of fused-ring (bicyclic) bond motifs is 1. The SMILES string of the molecule is CC(C)(C)[Si](OCC1CC(n2cc3cc([N+](=O)[O-])c(C(F)F)cc3n2)C1)(c1ccccc1)c1ccccc1. The lowest BCUT2D eigenvalue weighted by atomic mass is 9.81. The third-order valence-corrected chi connectivity index (χ3v) is 12.6. The summed E-state index contributed by atoms with van der Waals surface area (Å²) in [4.78, 5) is 10.5. The average molecular weight is 536 g/mol. The van der Waals surface area contributed by atoms with Crippen LogP contribution in [0.2, 0.25) is 5.04 Å². The second kappa shape index (κ2) is 10.0. The summed E-state index contributed by atoms with van der Waals surface area (Å²) in [5.41, 5.74) is -0.826. The summed E-state index contributed by atoms with van der Waals surface area (Å²) in [6, 6.07) is 23.5. The second-order valence-electron chi connectivity index (χ2n) is 11.1. The molecule has 0 atom stereocenters. The van der Waals surface area contributed by atoms with Gasteiger partial charge in [0, 0.05) is 24.3 Å². The molecular weight excluding hydrogens is 504 g/mol. The van der Waals surface area contributed by atoms with Crippen molar-refractivity contribution >= 4 is 35.3 Å². The fraction of sp³-hybridized carbons (Fsp3) is 0.345. The van der Waals surface area contributed by atoms with E-state index in [9.17, 15) is 18.9 Å². The first-order chi connectivity index (χ1) is 18.1. The number of rotatable bonds is 8. The first-order valence-electron chi connectivity index (χ1n) is 12.8. The molecule has 1 fully saturated rings. The van der Waals surface area contributed by atoms with Gasteiger partial charge in [-0.15, -0.1) is 0 Å². The van der Waals surface area contributed by atoms with Gasteiger partial charge in [0.2, 0.25) is 0 Å². The largest absolute Gasteiger partial charge is 0.407 e. The molecule has 6 nitrogen and oxygen atoms in total. The highest BCUT2D eigenvalue weighted by Crippen LogP contribution is 2.42. The molecule has 0 spiro atoms. The Bertz CT molecular complexity index is 1390. The standard InChI is InChI=1S/C29H31F2N3O3Si/c1-29(2,3)38(23-10-6-4-7-11-23,24-12-8-5-9-13-24)37-19-20-14-22(15-20)33-18-21-16-27(34(35)36)25(28(30)31)17-26(21)32-33/h4-13,16-18,20,22,28H,14-15,19H2,1-3H3. The van der Waals surface area contributed by atoms with Gasteiger partial charge in [0.1, 0.15) is 0 Å². The van der Waals surface area contributed by atoms with Gasteiger partial charge in [0.15, 0.2) is 0 Å². The van der Waals surface area contributed by atoms with Crippen LogP contribution >= 0.6 is 0 Å². The van der Waals surface area contributed by atoms with E-state index in [4.69, 9.17) is 4.43 Å². The summed E-state index contributed by atoms with van der Waals surface area (Å²) in [6.45, 7) is 7.38. The first-order valence-corrected chi connectivity index (χ1v) is 14.7. The molecule has 0 saturated heterocycles. The first kappa shape index (κ1) is 26.2. The van der Waals surface area contributed by atoms with Crippen molar-refractivity contribution in [1.29, 1.82) is 0 Å². The Balaban J connectivity index is 1.36. The number of hydrogen-bond acceptors (Lipinski definition) is 4. The van der Waals surface area contributed by atoms with Crippen molar-refractivity contribution < 1.29 is 18.1 Å². The molecule has 0 amide bonds. The zero-order chi connectivity index (χ0) is 27.1. The molecule has 1 heterocycles. The molecule has 0 radical (unpaired) electrons. The lowest BCUT2D eigenvalue weighted by Crippen LogP contribution is -2.67. The average Bonchev–Trinajstić information content (AvgIpc) is 3.27. The van der Waals surface area contributed by atoms with E-state index in [1.165, 1.54) is 16.4 Å². The van der Waals surface area contributed by atoms with Gasteiger partial charge >= 0.3 is 0 Å². The maximum absolute atomic E-state index is 13.4. The van der Waals surface area contributed by atoms with Gasteiger partial charge in [-0.2, -0.15) is 5.10 Å². The third-order valence-electron chi connectivity index (χ3n) is 7.64. The van der Waals surface area contributed by atoms with Crippen LogP contribution in [0.3, 0.4) is 0 Å². The zero-order valence-electron chi connectivity index (χ0n) is 21.7. The molecule has 1 saturated carbocycles. The number of benzene rings is 3. The number of alkyl halides is 2. The van der Waals surface area contributed by atoms with E-state index in [2.05, 4.69) is 74.4 Å². The predicted octanol–water partition coefficient (Wildman–Crippen LogP) is 6.41. The van der Waals surface area contributed by atoms with E-state index in [1.807, 2.05) is 12.1 Å². The molecule has 0 unspecified atom stereocenters. The van der Waals surface area contributed by atoms with Gasteiger partial charge in [-0.25, -0.2) is 8.78 Å². The summed E-state index contributed by atoms with van der Waals surface area (Å²) in [5.74, 6) is 0.333. The smallest absolute Gasteiger partial charge is 0.279 e. The molecular formula is C29H31F2N3O3Si. The third kappa shape index (κ3) is 4.65. The van der Waals surface area contributed by atoms with Crippen molar-refractivity contribution in [3.05, 3.63) is 94.7 Å². The van der Waals surface area contributed by atoms with Gasteiger partial charge in [0.05, 0.1) is 22.0 Å². The van der Waals surface area contributed by atoms with Crippen LogP contribution in [0.25, 0.3) is 10.9 Å². The fourth-order valence-corrected chi connectivity index (χ4v) is 10.3. The molecule has 1 aliphatic carbocycles. The van der Waals surface area contributed by atoms with E-state index in [0.717, 1.165) is 18.9 Å². The number of nitrogens with zero attached hydrogens (tertiary/aromatic N) is 3. The Morgan fingerprint density at radius 2 is 1.63 bits per heavy atom. The molecule has 1 aliphatic rings. The lowest BCUT2D eigenvalue weighted by molar-refractivity contribution is -0.386. The van der Waals surface area contributed by atoms with Crippen LogP contribution in [0.15, 0.2) is 79.0 Å². The van der Waals surface area contributed by atoms with Crippen LogP contribution in [-0.2, 0) is 4.43 Å². The Morgan fingerprint density at radius 3 is 2.13 bits per heavy atom. The summed E-state index contributed by atoms with van der Waals surface area (Å²) in [6.07, 6.45) is 0.477. The van der Waals surface area contributed by atoms with E-state index in [1.54, 1.807) is 10.9 Å². The topological polar surface area (TPSA) is 70.2 Å². The Labute approximate surface area is 221 Å². The zero-order valence-corrected chi connectivity index (χ0v) is 22.7. The molecule has 38 heavy (non-hydrogen) atoms. The van der Waals surface area contributed by atoms with Crippen molar-refractivity contribution in [3.63, 3.8) is 0 Å². The van der Waals surface area contributed by atoms with Crippen LogP contribution in [0.4, 0.5) is 14.5 Å². The summed E-state index contributed by atoms with van der Waals surface area (Å²) >= 11 is 0. The van der Waals surface area contributed by atoms with Gasteiger partial charge < -0.3 is 4.43 Å². The number of nitro benzene ring substituents is 1. The van der Waals surface area contributed by atoms with E-state index >= 15 is 0 Å². The number of hydrogen-bond donors (Lipinski definition) is 0. The van der Waals surface area contributed by atoms with E-state index in [-0.39, 0.29) is 11.1 Å². The van der Waals surface area contributed by atoms with Crippen LogP contribution in [0.1, 0.15) is 51.6 Å². The summed E-state index contributed by atoms with van der Waals surface area (Å²) in [5, 5.41) is 18.6. The van der Waals surface area contributed by atoms with Crippen molar-refractivity contribution in [2.24, 2.45) is 5.92 Å². The maximum atomic E-state index is 13.4. The van der Waals surface area contributed by atoms with Crippen molar-refractivity contribution in [1.82, 2.24) is 9.78 Å². The van der Waals surface area contributed by atoms with Crippen molar-refractivity contribution in [2.45, 2.75) is 51.1 Å². The van der Waals surface area contributed by atoms with Gasteiger partial charge in [-0.05, 0) is 40.2 Å². The highest BCUT2D eigenvalue weighted by Gasteiger charge is 2.50. The normalized spacial score (nSPS) is 18.1. The molecule has 0 aliphatic heterocycles. The maximum Gasteiger partial charge on any atom is 0.279 e. The number of halogens is 2. The van der Waals surface area contributed by atoms with Gasteiger partial charge in [0.25, 0.3) is 20.4 Å². The Morgan fingerprint density at radius 1 is 1.05 bits per heavy atom. The van der Waals surface area contributed by atoms with Crippen LogP contribution in [-0.4, -0.2) is 29.6 Å². The highest BCUT2D eigenvalue weighted by molar-refractivity contribution is 6.99. The van der Waals surface area contributed by atoms with E-state index < -0.39 is 30.9 Å². The van der Waals surface area contributed by atoms with Crippen molar-refractivity contribution in [2.75, 3.05) is 6.61 Å². The number of aromatic nitrogens is 2. The molecule has 5 rings (SSSR count). The molecule has 3 aromatic carbocycles. The molecule has 9 heteroatoms. The quantitative estimate of drug-likeness (QED) is 0.149. The Kier molecular flexibility index (Phi) is 6.91. The second-order valence-corrected chi connectivity index (χ2v) is 15.4. The van der Waals surface area contributed by atoms with Crippen LogP contribution < -0.4 is 10.4 Å². The molecule has 0 N–H and O–H groups in total. The van der Waals surface area contributed by atoms with E-state index in [0.29, 0.717) is 23.4 Å². The van der Waals surface area contributed by atoms with Gasteiger partial charge in [-0.1, -0.05) is 81.4 Å². The van der Waals surface area contributed by atoms with Crippen molar-refractivity contribution in [3.8, 4) is 0 Å². The highest BCUT2D eigenvalue weighted by atomic mass is 28.4. The van der Waals surface area contributed by atoms with Crippen LogP contribution in [0, 0.1) is 16.0 Å². The Hall–Kier alpha value is -3.43. The lowest BCUT2D eigenvalue weighted by Gasteiger charge is -2.45. The summed E-state index contributed by atoms with van der Waals surface area (Å²) < 4.78 is 35.6. The number of nitro groups is 1.